The third-order valence-electron chi connectivity index (χ3n) is 1.86. The molecule has 1 aliphatic rings. The maximum absolute atomic E-state index is 9.45. The van der Waals surface area contributed by atoms with Gasteiger partial charge in [0.05, 0.1) is 6.10 Å². The molecule has 60 valence electrons. The zero-order valence-corrected chi connectivity index (χ0v) is 6.94. The van der Waals surface area contributed by atoms with E-state index in [4.69, 9.17) is 5.73 Å². The molecule has 0 aromatic carbocycles. The average molecular weight is 161 g/mol. The topological polar surface area (TPSA) is 46.2 Å². The molecule has 0 spiro atoms. The minimum absolute atomic E-state index is 0.155. The minimum atomic E-state index is -0.155. The molecule has 1 aliphatic heterocycles. The first-order valence-electron chi connectivity index (χ1n) is 3.84. The zero-order valence-electron chi connectivity index (χ0n) is 6.12. The number of nitrogens with two attached hydrogens (primary N) is 1. The molecule has 2 nitrogen and oxygen atoms in total. The van der Waals surface area contributed by atoms with Crippen molar-refractivity contribution in [3.63, 3.8) is 0 Å². The lowest BCUT2D eigenvalue weighted by Crippen LogP contribution is -2.23. The summed E-state index contributed by atoms with van der Waals surface area (Å²) in [5.74, 6) is 1.21. The van der Waals surface area contributed by atoms with E-state index in [0.29, 0.717) is 11.8 Å². The summed E-state index contributed by atoms with van der Waals surface area (Å²) in [6.07, 6.45) is 3.04. The quantitative estimate of drug-likeness (QED) is 0.637. The Hall–Kier alpha value is 0.270. The molecule has 2 atom stereocenters. The number of rotatable bonds is 3. The predicted molar refractivity (Wildman–Crippen MR) is 45.2 cm³/mol. The van der Waals surface area contributed by atoms with Gasteiger partial charge in [-0.05, 0) is 31.6 Å². The summed E-state index contributed by atoms with van der Waals surface area (Å²) in [5, 5.41) is 9.92. The van der Waals surface area contributed by atoms with Crippen molar-refractivity contribution in [3.05, 3.63) is 0 Å². The zero-order chi connectivity index (χ0) is 7.40. The summed E-state index contributed by atoms with van der Waals surface area (Å²) in [5.41, 5.74) is 5.33. The molecular weight excluding hydrogens is 146 g/mol. The fourth-order valence-corrected chi connectivity index (χ4v) is 2.59. The van der Waals surface area contributed by atoms with E-state index in [1.807, 2.05) is 11.8 Å². The van der Waals surface area contributed by atoms with E-state index in [0.717, 1.165) is 6.42 Å². The molecule has 0 aliphatic carbocycles. The van der Waals surface area contributed by atoms with Crippen LogP contribution in [0.3, 0.4) is 0 Å². The Labute approximate surface area is 66.2 Å². The van der Waals surface area contributed by atoms with Gasteiger partial charge in [-0.25, -0.2) is 0 Å². The van der Waals surface area contributed by atoms with Crippen LogP contribution in [0.2, 0.25) is 0 Å². The second kappa shape index (κ2) is 4.21. The average Bonchev–Trinajstić information content (AvgIpc) is 2.38. The Balaban J connectivity index is 2.18. The molecule has 0 bridgehead atoms. The molecule has 10 heavy (non-hydrogen) atoms. The van der Waals surface area contributed by atoms with Crippen LogP contribution in [0, 0.1) is 0 Å². The van der Waals surface area contributed by atoms with E-state index in [9.17, 15) is 5.11 Å². The van der Waals surface area contributed by atoms with Gasteiger partial charge in [-0.15, -0.1) is 0 Å². The van der Waals surface area contributed by atoms with Gasteiger partial charge in [0, 0.05) is 5.25 Å². The molecule has 1 heterocycles. The minimum Gasteiger partial charge on any atom is -0.392 e. The maximum atomic E-state index is 9.45. The number of hydrogen-bond acceptors (Lipinski definition) is 3. The highest BCUT2D eigenvalue weighted by Gasteiger charge is 2.22. The van der Waals surface area contributed by atoms with Gasteiger partial charge in [0.2, 0.25) is 0 Å². The molecule has 2 unspecified atom stereocenters. The van der Waals surface area contributed by atoms with Crippen LogP contribution in [0.15, 0.2) is 0 Å². The Bertz CT molecular complexity index is 93.6. The van der Waals surface area contributed by atoms with Crippen molar-refractivity contribution in [1.82, 2.24) is 0 Å². The molecule has 0 aromatic heterocycles. The summed E-state index contributed by atoms with van der Waals surface area (Å²) in [7, 11) is 0. The smallest absolute Gasteiger partial charge is 0.0670 e. The standard InChI is InChI=1S/C7H15NOS/c8-4-3-6(9)7-2-1-5-10-7/h6-7,9H,1-5,8H2. The van der Waals surface area contributed by atoms with Gasteiger partial charge in [0.1, 0.15) is 0 Å². The van der Waals surface area contributed by atoms with Crippen LogP contribution < -0.4 is 5.73 Å². The Morgan fingerprint density at radius 2 is 2.50 bits per heavy atom. The highest BCUT2D eigenvalue weighted by Crippen LogP contribution is 2.29. The molecule has 0 amide bonds. The molecule has 0 saturated carbocycles. The molecule has 1 saturated heterocycles. The normalized spacial score (nSPS) is 28.8. The van der Waals surface area contributed by atoms with E-state index in [1.165, 1.54) is 18.6 Å². The van der Waals surface area contributed by atoms with Crippen LogP contribution in [0.5, 0.6) is 0 Å². The van der Waals surface area contributed by atoms with Gasteiger partial charge in [0.15, 0.2) is 0 Å². The van der Waals surface area contributed by atoms with E-state index in [2.05, 4.69) is 0 Å². The van der Waals surface area contributed by atoms with Gasteiger partial charge in [-0.3, -0.25) is 0 Å². The maximum Gasteiger partial charge on any atom is 0.0670 e. The summed E-state index contributed by atoms with van der Waals surface area (Å²) in [6.45, 7) is 0.609. The molecule has 0 aromatic rings. The van der Waals surface area contributed by atoms with E-state index in [1.54, 1.807) is 0 Å². The van der Waals surface area contributed by atoms with Crippen LogP contribution in [0.4, 0.5) is 0 Å². The lowest BCUT2D eigenvalue weighted by molar-refractivity contribution is 0.162. The summed E-state index contributed by atoms with van der Waals surface area (Å²) >= 11 is 1.88. The number of hydrogen-bond donors (Lipinski definition) is 2. The van der Waals surface area contributed by atoms with E-state index in [-0.39, 0.29) is 6.10 Å². The van der Waals surface area contributed by atoms with Crippen molar-refractivity contribution < 1.29 is 5.11 Å². The van der Waals surface area contributed by atoms with Crippen molar-refractivity contribution in [3.8, 4) is 0 Å². The van der Waals surface area contributed by atoms with Gasteiger partial charge < -0.3 is 10.8 Å². The number of aliphatic hydroxyl groups excluding tert-OH is 1. The molecule has 3 heteroatoms. The van der Waals surface area contributed by atoms with Crippen LogP contribution in [0.1, 0.15) is 19.3 Å². The Morgan fingerprint density at radius 3 is 3.00 bits per heavy atom. The second-order valence-electron chi connectivity index (χ2n) is 2.70. The van der Waals surface area contributed by atoms with Crippen LogP contribution in [0.25, 0.3) is 0 Å². The van der Waals surface area contributed by atoms with Crippen molar-refractivity contribution in [1.29, 1.82) is 0 Å². The number of aliphatic hydroxyl groups is 1. The first-order valence-corrected chi connectivity index (χ1v) is 4.89. The van der Waals surface area contributed by atoms with Gasteiger partial charge in [-0.2, -0.15) is 11.8 Å². The second-order valence-corrected chi connectivity index (χ2v) is 4.04. The molecular formula is C7H15NOS. The van der Waals surface area contributed by atoms with Crippen molar-refractivity contribution in [2.24, 2.45) is 5.73 Å². The van der Waals surface area contributed by atoms with Crippen molar-refractivity contribution in [2.45, 2.75) is 30.6 Å². The fourth-order valence-electron chi connectivity index (χ4n) is 1.26. The van der Waals surface area contributed by atoms with Gasteiger partial charge in [-0.1, -0.05) is 0 Å². The first-order chi connectivity index (χ1) is 4.84. The summed E-state index contributed by atoms with van der Waals surface area (Å²) < 4.78 is 0. The van der Waals surface area contributed by atoms with Crippen LogP contribution in [-0.2, 0) is 0 Å². The van der Waals surface area contributed by atoms with Gasteiger partial charge in [0.25, 0.3) is 0 Å². The molecule has 0 radical (unpaired) electrons. The lowest BCUT2D eigenvalue weighted by atomic mass is 10.1. The Morgan fingerprint density at radius 1 is 1.70 bits per heavy atom. The summed E-state index contributed by atoms with van der Waals surface area (Å²) in [4.78, 5) is 0. The van der Waals surface area contributed by atoms with Crippen molar-refractivity contribution >= 4 is 11.8 Å². The van der Waals surface area contributed by atoms with E-state index < -0.39 is 0 Å². The Kier molecular flexibility index (Phi) is 3.52. The predicted octanol–water partition coefficient (Wildman–Crippen LogP) is 0.592. The third kappa shape index (κ3) is 2.15. The highest BCUT2D eigenvalue weighted by atomic mass is 32.2. The lowest BCUT2D eigenvalue weighted by Gasteiger charge is -2.15. The van der Waals surface area contributed by atoms with Gasteiger partial charge >= 0.3 is 0 Å². The molecule has 1 rings (SSSR count). The largest absolute Gasteiger partial charge is 0.392 e. The first kappa shape index (κ1) is 8.37. The van der Waals surface area contributed by atoms with Crippen molar-refractivity contribution in [2.75, 3.05) is 12.3 Å². The number of thioether (sulfide) groups is 1. The fraction of sp³-hybridized carbons (Fsp3) is 1.00. The molecule has 1 fully saturated rings. The molecule has 3 N–H and O–H groups in total. The van der Waals surface area contributed by atoms with Crippen LogP contribution >= 0.6 is 11.8 Å². The monoisotopic (exact) mass is 161 g/mol. The third-order valence-corrected chi connectivity index (χ3v) is 3.36. The van der Waals surface area contributed by atoms with E-state index >= 15 is 0 Å². The summed E-state index contributed by atoms with van der Waals surface area (Å²) in [6, 6.07) is 0. The van der Waals surface area contributed by atoms with Crippen LogP contribution in [-0.4, -0.2) is 28.8 Å². The highest BCUT2D eigenvalue weighted by molar-refractivity contribution is 8.00. The SMILES string of the molecule is NCCC(O)C1CCCS1.